The first kappa shape index (κ1) is 11.0. The first-order chi connectivity index (χ1) is 7.27. The molecule has 1 aliphatic heterocycles. The zero-order chi connectivity index (χ0) is 10.7. The second-order valence-corrected chi connectivity index (χ2v) is 5.26. The Kier molecular flexibility index (Phi) is 3.72. The van der Waals surface area contributed by atoms with E-state index in [4.69, 9.17) is 0 Å². The standard InChI is InChI=1S/C11H19N3S/c1-8-3-4-13-10(8)5-12-6-11-9(2)14-7-15-11/h7-8,10,12-13H,3-6H2,1-2H3. The van der Waals surface area contributed by atoms with E-state index in [0.717, 1.165) is 19.0 Å². The van der Waals surface area contributed by atoms with Gasteiger partial charge in [0.05, 0.1) is 11.2 Å². The zero-order valence-corrected chi connectivity index (χ0v) is 10.2. The van der Waals surface area contributed by atoms with E-state index in [1.54, 1.807) is 11.3 Å². The van der Waals surface area contributed by atoms with Gasteiger partial charge in [0.1, 0.15) is 0 Å². The molecule has 0 aromatic carbocycles. The van der Waals surface area contributed by atoms with Crippen LogP contribution in [0.15, 0.2) is 5.51 Å². The summed E-state index contributed by atoms with van der Waals surface area (Å²) in [6.07, 6.45) is 1.31. The average Bonchev–Trinajstić information content (AvgIpc) is 2.78. The highest BCUT2D eigenvalue weighted by molar-refractivity contribution is 7.09. The number of aryl methyl sites for hydroxylation is 1. The lowest BCUT2D eigenvalue weighted by molar-refractivity contribution is 0.449. The summed E-state index contributed by atoms with van der Waals surface area (Å²) in [4.78, 5) is 5.61. The Morgan fingerprint density at radius 1 is 1.67 bits per heavy atom. The highest BCUT2D eigenvalue weighted by Gasteiger charge is 2.21. The van der Waals surface area contributed by atoms with Crippen LogP contribution < -0.4 is 10.6 Å². The summed E-state index contributed by atoms with van der Waals surface area (Å²) in [5.74, 6) is 0.806. The topological polar surface area (TPSA) is 37.0 Å². The van der Waals surface area contributed by atoms with E-state index in [0.29, 0.717) is 6.04 Å². The fourth-order valence-electron chi connectivity index (χ4n) is 2.01. The molecule has 3 nitrogen and oxygen atoms in total. The van der Waals surface area contributed by atoms with Gasteiger partial charge in [0.25, 0.3) is 0 Å². The average molecular weight is 225 g/mol. The number of thiazole rings is 1. The smallest absolute Gasteiger partial charge is 0.0798 e. The van der Waals surface area contributed by atoms with E-state index in [2.05, 4.69) is 29.5 Å². The van der Waals surface area contributed by atoms with Crippen LogP contribution in [0.25, 0.3) is 0 Å². The van der Waals surface area contributed by atoms with Gasteiger partial charge < -0.3 is 10.6 Å². The largest absolute Gasteiger partial charge is 0.312 e. The summed E-state index contributed by atoms with van der Waals surface area (Å²) in [6, 6.07) is 0.651. The Morgan fingerprint density at radius 2 is 2.53 bits per heavy atom. The number of nitrogens with zero attached hydrogens (tertiary/aromatic N) is 1. The van der Waals surface area contributed by atoms with Gasteiger partial charge in [0.15, 0.2) is 0 Å². The summed E-state index contributed by atoms with van der Waals surface area (Å²) in [6.45, 7) is 7.60. The first-order valence-electron chi connectivity index (χ1n) is 5.60. The van der Waals surface area contributed by atoms with Crippen LogP contribution >= 0.6 is 11.3 Å². The molecule has 2 rings (SSSR count). The molecule has 0 bridgehead atoms. The minimum absolute atomic E-state index is 0.651. The molecule has 15 heavy (non-hydrogen) atoms. The number of hydrogen-bond donors (Lipinski definition) is 2. The molecule has 0 amide bonds. The fraction of sp³-hybridized carbons (Fsp3) is 0.727. The highest BCUT2D eigenvalue weighted by atomic mass is 32.1. The number of hydrogen-bond acceptors (Lipinski definition) is 4. The second-order valence-electron chi connectivity index (χ2n) is 4.32. The fourth-order valence-corrected chi connectivity index (χ4v) is 2.76. The van der Waals surface area contributed by atoms with Crippen molar-refractivity contribution in [2.45, 2.75) is 32.9 Å². The van der Waals surface area contributed by atoms with Crippen molar-refractivity contribution in [3.63, 3.8) is 0 Å². The molecule has 1 saturated heterocycles. The predicted molar refractivity (Wildman–Crippen MR) is 64.1 cm³/mol. The van der Waals surface area contributed by atoms with Gasteiger partial charge in [-0.05, 0) is 25.8 Å². The van der Waals surface area contributed by atoms with Crippen LogP contribution in [0.1, 0.15) is 23.9 Å². The lowest BCUT2D eigenvalue weighted by atomic mass is 10.0. The summed E-state index contributed by atoms with van der Waals surface area (Å²) in [5, 5.41) is 7.04. The van der Waals surface area contributed by atoms with E-state index >= 15 is 0 Å². The van der Waals surface area contributed by atoms with Crippen LogP contribution in [0.4, 0.5) is 0 Å². The lowest BCUT2D eigenvalue weighted by Gasteiger charge is -2.15. The number of aromatic nitrogens is 1. The zero-order valence-electron chi connectivity index (χ0n) is 9.42. The van der Waals surface area contributed by atoms with Gasteiger partial charge in [0.2, 0.25) is 0 Å². The Hall–Kier alpha value is -0.450. The highest BCUT2D eigenvalue weighted by Crippen LogP contribution is 2.14. The summed E-state index contributed by atoms with van der Waals surface area (Å²) in [5.41, 5.74) is 3.09. The molecule has 0 spiro atoms. The van der Waals surface area contributed by atoms with Crippen molar-refractivity contribution in [2.24, 2.45) is 5.92 Å². The van der Waals surface area contributed by atoms with Gasteiger partial charge in [-0.1, -0.05) is 6.92 Å². The molecule has 1 aliphatic rings. The molecule has 84 valence electrons. The molecular weight excluding hydrogens is 206 g/mol. The number of rotatable bonds is 4. The Bertz CT molecular complexity index is 311. The molecule has 1 aromatic rings. The van der Waals surface area contributed by atoms with E-state index in [9.17, 15) is 0 Å². The van der Waals surface area contributed by atoms with Crippen molar-refractivity contribution in [2.75, 3.05) is 13.1 Å². The van der Waals surface area contributed by atoms with Gasteiger partial charge in [-0.3, -0.25) is 0 Å². The minimum atomic E-state index is 0.651. The van der Waals surface area contributed by atoms with Gasteiger partial charge in [-0.25, -0.2) is 4.98 Å². The molecule has 2 N–H and O–H groups in total. The molecule has 0 radical (unpaired) electrons. The van der Waals surface area contributed by atoms with Crippen molar-refractivity contribution in [1.29, 1.82) is 0 Å². The molecular formula is C11H19N3S. The van der Waals surface area contributed by atoms with Crippen LogP contribution in [-0.4, -0.2) is 24.1 Å². The molecule has 1 aromatic heterocycles. The third-order valence-electron chi connectivity index (χ3n) is 3.19. The van der Waals surface area contributed by atoms with Crippen LogP contribution in [-0.2, 0) is 6.54 Å². The number of nitrogens with one attached hydrogen (secondary N) is 2. The predicted octanol–water partition coefficient (Wildman–Crippen LogP) is 1.54. The molecule has 1 fully saturated rings. The molecule has 2 heterocycles. The van der Waals surface area contributed by atoms with Crippen LogP contribution in [0.3, 0.4) is 0 Å². The second kappa shape index (κ2) is 5.05. The maximum Gasteiger partial charge on any atom is 0.0798 e. The monoisotopic (exact) mass is 225 g/mol. The Morgan fingerprint density at radius 3 is 3.13 bits per heavy atom. The molecule has 4 heteroatoms. The molecule has 2 unspecified atom stereocenters. The quantitative estimate of drug-likeness (QED) is 0.816. The van der Waals surface area contributed by atoms with Crippen molar-refractivity contribution >= 4 is 11.3 Å². The molecule has 0 saturated carbocycles. The normalized spacial score (nSPS) is 26.0. The Labute approximate surface area is 95.3 Å². The van der Waals surface area contributed by atoms with E-state index in [1.807, 2.05) is 5.51 Å². The Balaban J connectivity index is 1.73. The van der Waals surface area contributed by atoms with Gasteiger partial charge >= 0.3 is 0 Å². The summed E-state index contributed by atoms with van der Waals surface area (Å²) < 4.78 is 0. The van der Waals surface area contributed by atoms with E-state index in [1.165, 1.54) is 23.5 Å². The summed E-state index contributed by atoms with van der Waals surface area (Å²) >= 11 is 1.74. The van der Waals surface area contributed by atoms with E-state index in [-0.39, 0.29) is 0 Å². The SMILES string of the molecule is Cc1ncsc1CNCC1NCCC1C. The third kappa shape index (κ3) is 2.77. The minimum Gasteiger partial charge on any atom is -0.312 e. The van der Waals surface area contributed by atoms with E-state index < -0.39 is 0 Å². The third-order valence-corrected chi connectivity index (χ3v) is 4.12. The van der Waals surface area contributed by atoms with Crippen LogP contribution in [0.5, 0.6) is 0 Å². The van der Waals surface area contributed by atoms with Gasteiger partial charge in [-0.2, -0.15) is 0 Å². The molecule has 2 atom stereocenters. The van der Waals surface area contributed by atoms with Crippen LogP contribution in [0.2, 0.25) is 0 Å². The first-order valence-corrected chi connectivity index (χ1v) is 6.48. The van der Waals surface area contributed by atoms with Crippen molar-refractivity contribution in [3.05, 3.63) is 16.1 Å². The lowest BCUT2D eigenvalue weighted by Crippen LogP contribution is -2.36. The van der Waals surface area contributed by atoms with Crippen molar-refractivity contribution < 1.29 is 0 Å². The van der Waals surface area contributed by atoms with Gasteiger partial charge in [0, 0.05) is 24.0 Å². The maximum absolute atomic E-state index is 4.24. The van der Waals surface area contributed by atoms with Crippen molar-refractivity contribution in [1.82, 2.24) is 15.6 Å². The van der Waals surface area contributed by atoms with Crippen molar-refractivity contribution in [3.8, 4) is 0 Å². The molecule has 0 aliphatic carbocycles. The van der Waals surface area contributed by atoms with Crippen LogP contribution in [0, 0.1) is 12.8 Å². The van der Waals surface area contributed by atoms with Gasteiger partial charge in [-0.15, -0.1) is 11.3 Å². The maximum atomic E-state index is 4.24. The summed E-state index contributed by atoms with van der Waals surface area (Å²) in [7, 11) is 0.